The van der Waals surface area contributed by atoms with Crippen molar-refractivity contribution in [3.8, 4) is 0 Å². The number of nitrogens with one attached hydrogen (secondary N) is 1. The van der Waals surface area contributed by atoms with Gasteiger partial charge in [-0.05, 0) is 18.6 Å². The van der Waals surface area contributed by atoms with Crippen LogP contribution in [0.15, 0.2) is 24.5 Å². The number of nitrogens with zero attached hydrogens (tertiary/aromatic N) is 1. The van der Waals surface area contributed by atoms with Gasteiger partial charge in [-0.15, -0.1) is 0 Å². The van der Waals surface area contributed by atoms with Crippen molar-refractivity contribution in [2.75, 3.05) is 13.2 Å². The fourth-order valence-electron chi connectivity index (χ4n) is 1.75. The van der Waals surface area contributed by atoms with E-state index in [1.54, 1.807) is 6.20 Å². The Hall–Kier alpha value is -0.970. The maximum atomic E-state index is 9.58. The van der Waals surface area contributed by atoms with E-state index in [0.29, 0.717) is 13.2 Å². The van der Waals surface area contributed by atoms with Gasteiger partial charge in [0.2, 0.25) is 0 Å². The first-order chi connectivity index (χ1) is 7.27. The van der Waals surface area contributed by atoms with Gasteiger partial charge in [-0.1, -0.05) is 6.07 Å². The van der Waals surface area contributed by atoms with E-state index in [0.717, 1.165) is 5.56 Å². The predicted molar refractivity (Wildman–Crippen MR) is 56.4 cm³/mol. The number of rotatable bonds is 3. The van der Waals surface area contributed by atoms with Gasteiger partial charge >= 0.3 is 0 Å². The Balaban J connectivity index is 1.95. The van der Waals surface area contributed by atoms with Crippen molar-refractivity contribution in [2.45, 2.75) is 25.1 Å². The molecule has 2 rings (SSSR count). The fourth-order valence-corrected chi connectivity index (χ4v) is 1.75. The summed E-state index contributed by atoms with van der Waals surface area (Å²) in [7, 11) is 0. The van der Waals surface area contributed by atoms with Crippen LogP contribution in [-0.4, -0.2) is 35.5 Å². The lowest BCUT2D eigenvalue weighted by atomic mass is 10.1. The van der Waals surface area contributed by atoms with Crippen LogP contribution in [0.1, 0.15) is 18.5 Å². The Morgan fingerprint density at radius 1 is 1.60 bits per heavy atom. The zero-order valence-electron chi connectivity index (χ0n) is 8.76. The summed E-state index contributed by atoms with van der Waals surface area (Å²) in [5, 5.41) is 12.9. The van der Waals surface area contributed by atoms with Crippen LogP contribution >= 0.6 is 0 Å². The Kier molecular flexibility index (Phi) is 3.30. The topological polar surface area (TPSA) is 54.4 Å². The molecule has 0 bridgehead atoms. The zero-order chi connectivity index (χ0) is 10.7. The van der Waals surface area contributed by atoms with Gasteiger partial charge in [0, 0.05) is 18.4 Å². The van der Waals surface area contributed by atoms with Gasteiger partial charge in [-0.3, -0.25) is 4.98 Å². The van der Waals surface area contributed by atoms with Crippen LogP contribution in [0.5, 0.6) is 0 Å². The lowest BCUT2D eigenvalue weighted by Gasteiger charge is -2.20. The minimum absolute atomic E-state index is 0.0280. The molecule has 0 amide bonds. The normalized spacial score (nSPS) is 27.9. The maximum absolute atomic E-state index is 9.58. The van der Waals surface area contributed by atoms with Crippen molar-refractivity contribution in [2.24, 2.45) is 0 Å². The highest BCUT2D eigenvalue weighted by atomic mass is 16.5. The summed E-state index contributed by atoms with van der Waals surface area (Å²) in [6.45, 7) is 3.06. The van der Waals surface area contributed by atoms with E-state index in [4.69, 9.17) is 4.74 Å². The van der Waals surface area contributed by atoms with E-state index in [-0.39, 0.29) is 12.1 Å². The van der Waals surface area contributed by atoms with E-state index < -0.39 is 6.10 Å². The number of hydrogen-bond donors (Lipinski definition) is 2. The van der Waals surface area contributed by atoms with E-state index >= 15 is 0 Å². The summed E-state index contributed by atoms with van der Waals surface area (Å²) in [5.41, 5.74) is 1.12. The summed E-state index contributed by atoms with van der Waals surface area (Å²) in [5.74, 6) is 0. The fraction of sp³-hybridized carbons (Fsp3) is 0.545. The minimum atomic E-state index is -0.399. The Bertz CT molecular complexity index is 305. The Morgan fingerprint density at radius 3 is 3.07 bits per heavy atom. The standard InChI is InChI=1S/C11H16N2O2/c1-8(9-3-2-4-12-5-9)13-10-6-15-7-11(10)14/h2-5,8,10-11,13-14H,6-7H2,1H3. The largest absolute Gasteiger partial charge is 0.389 e. The van der Waals surface area contributed by atoms with Crippen LogP contribution in [0, 0.1) is 0 Å². The van der Waals surface area contributed by atoms with Gasteiger partial charge in [-0.2, -0.15) is 0 Å². The van der Waals surface area contributed by atoms with Crippen molar-refractivity contribution >= 4 is 0 Å². The van der Waals surface area contributed by atoms with E-state index in [1.165, 1.54) is 0 Å². The molecule has 1 aliphatic rings. The van der Waals surface area contributed by atoms with Crippen molar-refractivity contribution in [3.63, 3.8) is 0 Å². The zero-order valence-corrected chi connectivity index (χ0v) is 8.76. The SMILES string of the molecule is CC(NC1COCC1O)c1cccnc1. The molecule has 2 heterocycles. The van der Waals surface area contributed by atoms with Gasteiger partial charge in [0.05, 0.1) is 25.4 Å². The Labute approximate surface area is 89.3 Å². The third kappa shape index (κ3) is 2.53. The van der Waals surface area contributed by atoms with Crippen molar-refractivity contribution in [1.29, 1.82) is 0 Å². The highest BCUT2D eigenvalue weighted by Crippen LogP contribution is 2.14. The molecule has 0 spiro atoms. The maximum Gasteiger partial charge on any atom is 0.0948 e. The molecule has 2 N–H and O–H groups in total. The molecule has 1 aliphatic heterocycles. The number of ether oxygens (including phenoxy) is 1. The van der Waals surface area contributed by atoms with Gasteiger partial charge in [0.25, 0.3) is 0 Å². The van der Waals surface area contributed by atoms with Crippen LogP contribution in [-0.2, 0) is 4.74 Å². The van der Waals surface area contributed by atoms with Crippen LogP contribution in [0.25, 0.3) is 0 Å². The van der Waals surface area contributed by atoms with Crippen molar-refractivity contribution in [1.82, 2.24) is 10.3 Å². The molecule has 1 aromatic heterocycles. The molecule has 82 valence electrons. The molecular weight excluding hydrogens is 192 g/mol. The highest BCUT2D eigenvalue weighted by Gasteiger charge is 2.27. The lowest BCUT2D eigenvalue weighted by Crippen LogP contribution is -2.40. The van der Waals surface area contributed by atoms with Crippen LogP contribution in [0.2, 0.25) is 0 Å². The first-order valence-electron chi connectivity index (χ1n) is 5.19. The molecular formula is C11H16N2O2. The average Bonchev–Trinajstić information content (AvgIpc) is 2.66. The smallest absolute Gasteiger partial charge is 0.0948 e. The van der Waals surface area contributed by atoms with Crippen LogP contribution in [0.4, 0.5) is 0 Å². The lowest BCUT2D eigenvalue weighted by molar-refractivity contribution is 0.121. The van der Waals surface area contributed by atoms with E-state index in [9.17, 15) is 5.11 Å². The van der Waals surface area contributed by atoms with Gasteiger partial charge < -0.3 is 15.2 Å². The predicted octanol–water partition coefficient (Wildman–Crippen LogP) is 0.492. The average molecular weight is 208 g/mol. The monoisotopic (exact) mass is 208 g/mol. The molecule has 1 fully saturated rings. The summed E-state index contributed by atoms with van der Waals surface area (Å²) in [4.78, 5) is 4.07. The summed E-state index contributed by atoms with van der Waals surface area (Å²) >= 11 is 0. The first-order valence-corrected chi connectivity index (χ1v) is 5.19. The van der Waals surface area contributed by atoms with Gasteiger partial charge in [-0.25, -0.2) is 0 Å². The molecule has 4 nitrogen and oxygen atoms in total. The molecule has 1 saturated heterocycles. The number of hydrogen-bond acceptors (Lipinski definition) is 4. The molecule has 4 heteroatoms. The molecule has 15 heavy (non-hydrogen) atoms. The highest BCUT2D eigenvalue weighted by molar-refractivity contribution is 5.13. The van der Waals surface area contributed by atoms with Crippen molar-refractivity contribution in [3.05, 3.63) is 30.1 Å². The molecule has 0 aliphatic carbocycles. The quantitative estimate of drug-likeness (QED) is 0.759. The number of aliphatic hydroxyl groups excluding tert-OH is 1. The van der Waals surface area contributed by atoms with Crippen molar-refractivity contribution < 1.29 is 9.84 Å². The summed E-state index contributed by atoms with van der Waals surface area (Å²) in [6, 6.07) is 4.14. The van der Waals surface area contributed by atoms with Gasteiger partial charge in [0.1, 0.15) is 0 Å². The third-order valence-corrected chi connectivity index (χ3v) is 2.70. The molecule has 0 aromatic carbocycles. The molecule has 0 radical (unpaired) electrons. The van der Waals surface area contributed by atoms with Gasteiger partial charge in [0.15, 0.2) is 0 Å². The molecule has 3 atom stereocenters. The molecule has 0 saturated carbocycles. The number of aromatic nitrogens is 1. The van der Waals surface area contributed by atoms with E-state index in [2.05, 4.69) is 17.2 Å². The summed E-state index contributed by atoms with van der Waals surface area (Å²) < 4.78 is 5.18. The van der Waals surface area contributed by atoms with E-state index in [1.807, 2.05) is 18.3 Å². The molecule has 1 aromatic rings. The van der Waals surface area contributed by atoms with Crippen LogP contribution < -0.4 is 5.32 Å². The minimum Gasteiger partial charge on any atom is -0.389 e. The third-order valence-electron chi connectivity index (χ3n) is 2.70. The molecule has 3 unspecified atom stereocenters. The van der Waals surface area contributed by atoms with Crippen LogP contribution in [0.3, 0.4) is 0 Å². The number of aliphatic hydroxyl groups is 1. The summed E-state index contributed by atoms with van der Waals surface area (Å²) in [6.07, 6.45) is 3.19. The first kappa shape index (κ1) is 10.5. The second-order valence-electron chi connectivity index (χ2n) is 3.89. The Morgan fingerprint density at radius 2 is 2.47 bits per heavy atom. The second kappa shape index (κ2) is 4.70. The second-order valence-corrected chi connectivity index (χ2v) is 3.89. The number of pyridine rings is 1.